The SMILES string of the molecule is CCc1cc(C)cc(CC)c1-c1c(CC)c(C)nn(Cc2ccccc2)c1=O.CCc1cc(C)cc(CC)c1-c1c(O)c(C)nn(Cc2ccccc2)c1=O. The first-order valence-electron chi connectivity index (χ1n) is 19.7. The fourth-order valence-electron chi connectivity index (χ4n) is 7.70. The van der Waals surface area contributed by atoms with Gasteiger partial charge in [-0.2, -0.15) is 10.2 Å². The van der Waals surface area contributed by atoms with Gasteiger partial charge in [-0.25, -0.2) is 9.36 Å². The van der Waals surface area contributed by atoms with Crippen LogP contribution in [0.2, 0.25) is 0 Å². The zero-order chi connectivity index (χ0) is 39.8. The van der Waals surface area contributed by atoms with Gasteiger partial charge in [0, 0.05) is 0 Å². The van der Waals surface area contributed by atoms with E-state index in [9.17, 15) is 14.7 Å². The summed E-state index contributed by atoms with van der Waals surface area (Å²) in [4.78, 5) is 26.9. The average Bonchev–Trinajstić information content (AvgIpc) is 3.19. The Kier molecular flexibility index (Phi) is 13.4. The first-order chi connectivity index (χ1) is 26.4. The van der Waals surface area contributed by atoms with Crippen LogP contribution < -0.4 is 11.1 Å². The third-order valence-electron chi connectivity index (χ3n) is 10.4. The summed E-state index contributed by atoms with van der Waals surface area (Å²) in [5, 5.41) is 19.7. The van der Waals surface area contributed by atoms with E-state index in [1.54, 1.807) is 11.6 Å². The highest BCUT2D eigenvalue weighted by molar-refractivity contribution is 5.77. The Morgan fingerprint density at radius 1 is 0.491 bits per heavy atom. The lowest BCUT2D eigenvalue weighted by Gasteiger charge is -2.20. The predicted octanol–water partition coefficient (Wildman–Crippen LogP) is 9.67. The molecule has 0 radical (unpaired) electrons. The van der Waals surface area contributed by atoms with E-state index in [0.717, 1.165) is 82.3 Å². The van der Waals surface area contributed by atoms with Crippen molar-refractivity contribution in [3.05, 3.63) is 167 Å². The molecule has 286 valence electrons. The summed E-state index contributed by atoms with van der Waals surface area (Å²) < 4.78 is 3.09. The molecule has 55 heavy (non-hydrogen) atoms. The highest BCUT2D eigenvalue weighted by Gasteiger charge is 2.23. The molecule has 7 heteroatoms. The highest BCUT2D eigenvalue weighted by Crippen LogP contribution is 2.35. The Balaban J connectivity index is 0.000000211. The van der Waals surface area contributed by atoms with Crippen molar-refractivity contribution in [1.82, 2.24) is 19.6 Å². The van der Waals surface area contributed by atoms with E-state index in [1.165, 1.54) is 26.9 Å². The molecule has 1 N–H and O–H groups in total. The number of rotatable bonds is 11. The summed E-state index contributed by atoms with van der Waals surface area (Å²) in [6.07, 6.45) is 4.21. The molecule has 0 saturated heterocycles. The molecule has 2 heterocycles. The van der Waals surface area contributed by atoms with E-state index < -0.39 is 0 Å². The van der Waals surface area contributed by atoms with Crippen LogP contribution in [0.15, 0.2) is 94.5 Å². The first kappa shape index (κ1) is 40.6. The van der Waals surface area contributed by atoms with E-state index in [4.69, 9.17) is 0 Å². The van der Waals surface area contributed by atoms with Gasteiger partial charge in [0.15, 0.2) is 5.75 Å². The van der Waals surface area contributed by atoms with Crippen LogP contribution in [-0.2, 0) is 45.2 Å². The van der Waals surface area contributed by atoms with Gasteiger partial charge < -0.3 is 5.11 Å². The molecule has 0 bridgehead atoms. The molecule has 2 aromatic heterocycles. The molecule has 0 fully saturated rings. The Morgan fingerprint density at radius 3 is 1.24 bits per heavy atom. The van der Waals surface area contributed by atoms with E-state index in [0.29, 0.717) is 24.3 Å². The Bertz CT molecular complexity index is 2340. The third-order valence-corrected chi connectivity index (χ3v) is 10.4. The fourth-order valence-corrected chi connectivity index (χ4v) is 7.70. The smallest absolute Gasteiger partial charge is 0.278 e. The second-order valence-electron chi connectivity index (χ2n) is 14.3. The second-order valence-corrected chi connectivity index (χ2v) is 14.3. The number of aryl methyl sites for hydroxylation is 8. The van der Waals surface area contributed by atoms with Gasteiger partial charge in [0.05, 0.1) is 29.9 Å². The molecule has 0 atom stereocenters. The summed E-state index contributed by atoms with van der Waals surface area (Å²) in [5.41, 5.74) is 14.6. The predicted molar refractivity (Wildman–Crippen MR) is 226 cm³/mol. The van der Waals surface area contributed by atoms with Gasteiger partial charge in [0.1, 0.15) is 5.69 Å². The zero-order valence-electron chi connectivity index (χ0n) is 34.1. The maximum Gasteiger partial charge on any atom is 0.278 e. The summed E-state index contributed by atoms with van der Waals surface area (Å²) >= 11 is 0. The Hall–Kier alpha value is -5.56. The van der Waals surface area contributed by atoms with Crippen molar-refractivity contribution in [3.63, 3.8) is 0 Å². The van der Waals surface area contributed by atoms with Gasteiger partial charge in [-0.05, 0) is 110 Å². The molecule has 7 nitrogen and oxygen atoms in total. The molecule has 0 amide bonds. The van der Waals surface area contributed by atoms with E-state index in [1.807, 2.05) is 67.6 Å². The van der Waals surface area contributed by atoms with E-state index in [-0.39, 0.29) is 16.9 Å². The van der Waals surface area contributed by atoms with Crippen molar-refractivity contribution < 1.29 is 5.11 Å². The van der Waals surface area contributed by atoms with Crippen molar-refractivity contribution in [2.45, 2.75) is 108 Å². The zero-order valence-corrected chi connectivity index (χ0v) is 34.1. The summed E-state index contributed by atoms with van der Waals surface area (Å²) in [6, 6.07) is 28.5. The summed E-state index contributed by atoms with van der Waals surface area (Å²) in [5.74, 6) is -0.0161. The van der Waals surface area contributed by atoms with Crippen LogP contribution in [0.25, 0.3) is 22.3 Å². The number of aromatic hydroxyl groups is 1. The quantitative estimate of drug-likeness (QED) is 0.143. The standard InChI is InChI=1S/C25H30N2O.C23H26N2O2/c1-6-20-14-17(4)15-21(7-2)23(20)24-22(8-3)18(5)26-27(25(24)28)16-19-12-10-9-11-13-19;1-5-18-12-15(3)13-19(6-2)20(18)21-22(26)16(4)24-25(23(21)27)14-17-10-8-7-9-11-17/h9-15H,6-8,16H2,1-5H3;7-13,26H,5-6,14H2,1-4H3. The van der Waals surface area contributed by atoms with Crippen LogP contribution in [0, 0.1) is 27.7 Å². The van der Waals surface area contributed by atoms with Gasteiger partial charge in [-0.3, -0.25) is 9.59 Å². The lowest BCUT2D eigenvalue weighted by Crippen LogP contribution is -2.28. The van der Waals surface area contributed by atoms with Crippen LogP contribution in [0.4, 0.5) is 0 Å². The number of benzene rings is 4. The number of nitrogens with zero attached hydrogens (tertiary/aromatic N) is 4. The number of hydrogen-bond acceptors (Lipinski definition) is 5. The van der Waals surface area contributed by atoms with Crippen LogP contribution in [0.1, 0.15) is 96.1 Å². The minimum atomic E-state index is -0.254. The van der Waals surface area contributed by atoms with Crippen LogP contribution in [0.5, 0.6) is 5.75 Å². The number of hydrogen-bond donors (Lipinski definition) is 1. The van der Waals surface area contributed by atoms with Crippen LogP contribution in [0.3, 0.4) is 0 Å². The summed E-state index contributed by atoms with van der Waals surface area (Å²) in [6.45, 7) is 19.4. The second kappa shape index (κ2) is 18.2. The molecule has 0 aliphatic rings. The minimum Gasteiger partial charge on any atom is -0.505 e. The molecule has 0 spiro atoms. The van der Waals surface area contributed by atoms with E-state index in [2.05, 4.69) is 82.9 Å². The first-order valence-corrected chi connectivity index (χ1v) is 19.7. The third kappa shape index (κ3) is 8.88. The van der Waals surface area contributed by atoms with Gasteiger partial charge in [-0.15, -0.1) is 0 Å². The van der Waals surface area contributed by atoms with Gasteiger partial charge in [0.25, 0.3) is 11.1 Å². The molecule has 6 rings (SSSR count). The van der Waals surface area contributed by atoms with Crippen molar-refractivity contribution in [2.24, 2.45) is 0 Å². The Morgan fingerprint density at radius 2 is 0.855 bits per heavy atom. The molecule has 4 aromatic carbocycles. The average molecular weight is 737 g/mol. The maximum absolute atomic E-state index is 13.6. The van der Waals surface area contributed by atoms with Gasteiger partial charge >= 0.3 is 0 Å². The van der Waals surface area contributed by atoms with Gasteiger partial charge in [0.2, 0.25) is 0 Å². The molecular weight excluding hydrogens is 681 g/mol. The molecule has 0 aliphatic heterocycles. The highest BCUT2D eigenvalue weighted by atomic mass is 16.3. The monoisotopic (exact) mass is 736 g/mol. The lowest BCUT2D eigenvalue weighted by atomic mass is 9.87. The topological polar surface area (TPSA) is 90.0 Å². The lowest BCUT2D eigenvalue weighted by molar-refractivity contribution is 0.458. The molecular formula is C48H56N4O3. The molecule has 0 saturated carbocycles. The van der Waals surface area contributed by atoms with Crippen molar-refractivity contribution in [1.29, 1.82) is 0 Å². The molecule has 0 aliphatic carbocycles. The van der Waals surface area contributed by atoms with Crippen molar-refractivity contribution >= 4 is 0 Å². The normalized spacial score (nSPS) is 11.0. The van der Waals surface area contributed by atoms with Crippen LogP contribution in [-0.4, -0.2) is 24.7 Å². The summed E-state index contributed by atoms with van der Waals surface area (Å²) in [7, 11) is 0. The molecule has 0 unspecified atom stereocenters. The fraction of sp³-hybridized carbons (Fsp3) is 0.333. The van der Waals surface area contributed by atoms with Crippen LogP contribution >= 0.6 is 0 Å². The maximum atomic E-state index is 13.6. The van der Waals surface area contributed by atoms with Gasteiger partial charge in [-0.1, -0.05) is 131 Å². The molecule has 6 aromatic rings. The van der Waals surface area contributed by atoms with E-state index >= 15 is 0 Å². The Labute approximate surface area is 326 Å². The minimum absolute atomic E-state index is 0.0135. The van der Waals surface area contributed by atoms with Crippen molar-refractivity contribution in [2.75, 3.05) is 0 Å². The number of aromatic nitrogens is 4. The largest absolute Gasteiger partial charge is 0.505 e. The van der Waals surface area contributed by atoms with Crippen molar-refractivity contribution in [3.8, 4) is 28.0 Å².